The van der Waals surface area contributed by atoms with E-state index in [1.807, 2.05) is 11.9 Å². The van der Waals surface area contributed by atoms with Gasteiger partial charge in [-0.3, -0.25) is 4.79 Å². The van der Waals surface area contributed by atoms with E-state index >= 15 is 0 Å². The van der Waals surface area contributed by atoms with Crippen molar-refractivity contribution in [2.45, 2.75) is 19.3 Å². The number of nitrogens with one attached hydrogen (secondary N) is 1. The van der Waals surface area contributed by atoms with Gasteiger partial charge >= 0.3 is 0 Å². The fraction of sp³-hybridized carbons (Fsp3) is 0.500. The molecule has 1 saturated heterocycles. The van der Waals surface area contributed by atoms with E-state index in [1.165, 1.54) is 11.1 Å². The maximum absolute atomic E-state index is 12.4. The maximum Gasteiger partial charge on any atom is 0.231 e. The first-order valence-corrected chi connectivity index (χ1v) is 6.28. The molecular formula is C14H18N2O. The SMILES string of the molecule is Cc1cccc2c1N(C)C(=O)C1CNCCC21. The van der Waals surface area contributed by atoms with Gasteiger partial charge in [-0.2, -0.15) is 0 Å². The summed E-state index contributed by atoms with van der Waals surface area (Å²) in [5, 5.41) is 3.33. The number of anilines is 1. The molecule has 2 aliphatic rings. The van der Waals surface area contributed by atoms with Crippen molar-refractivity contribution in [2.24, 2.45) is 5.92 Å². The van der Waals surface area contributed by atoms with Crippen LogP contribution in [-0.4, -0.2) is 26.0 Å². The average molecular weight is 230 g/mol. The third-order valence-electron chi connectivity index (χ3n) is 4.13. The Morgan fingerprint density at radius 3 is 3.00 bits per heavy atom. The van der Waals surface area contributed by atoms with Crippen molar-refractivity contribution < 1.29 is 4.79 Å². The van der Waals surface area contributed by atoms with Crippen molar-refractivity contribution in [3.63, 3.8) is 0 Å². The Kier molecular flexibility index (Phi) is 2.44. The second-order valence-electron chi connectivity index (χ2n) is 5.12. The van der Waals surface area contributed by atoms with Gasteiger partial charge in [-0.05, 0) is 36.9 Å². The van der Waals surface area contributed by atoms with Gasteiger partial charge in [0.15, 0.2) is 0 Å². The van der Waals surface area contributed by atoms with Gasteiger partial charge in [0.05, 0.1) is 5.92 Å². The van der Waals surface area contributed by atoms with Crippen LogP contribution in [0, 0.1) is 12.8 Å². The fourth-order valence-corrected chi connectivity index (χ4v) is 3.29. The Morgan fingerprint density at radius 2 is 2.18 bits per heavy atom. The molecule has 3 heteroatoms. The Morgan fingerprint density at radius 1 is 1.35 bits per heavy atom. The molecule has 2 atom stereocenters. The van der Waals surface area contributed by atoms with Crippen molar-refractivity contribution in [3.05, 3.63) is 29.3 Å². The zero-order valence-electron chi connectivity index (χ0n) is 10.4. The van der Waals surface area contributed by atoms with Gasteiger partial charge in [0.2, 0.25) is 5.91 Å². The standard InChI is InChI=1S/C14H18N2O/c1-9-4-3-5-11-10-6-7-15-8-12(10)14(17)16(2)13(9)11/h3-5,10,12,15H,6-8H2,1-2H3. The lowest BCUT2D eigenvalue weighted by Crippen LogP contribution is -2.49. The molecular weight excluding hydrogens is 212 g/mol. The number of carbonyl (C=O) groups excluding carboxylic acids is 1. The first-order valence-electron chi connectivity index (χ1n) is 6.28. The average Bonchev–Trinajstić information content (AvgIpc) is 2.36. The van der Waals surface area contributed by atoms with Crippen LogP contribution in [0.1, 0.15) is 23.5 Å². The summed E-state index contributed by atoms with van der Waals surface area (Å²) >= 11 is 0. The van der Waals surface area contributed by atoms with E-state index < -0.39 is 0 Å². The topological polar surface area (TPSA) is 32.3 Å². The summed E-state index contributed by atoms with van der Waals surface area (Å²) in [6, 6.07) is 6.38. The highest BCUT2D eigenvalue weighted by molar-refractivity contribution is 5.99. The number of rotatable bonds is 0. The predicted molar refractivity (Wildman–Crippen MR) is 68.3 cm³/mol. The highest BCUT2D eigenvalue weighted by atomic mass is 16.2. The number of hydrogen-bond donors (Lipinski definition) is 1. The molecule has 0 aromatic heterocycles. The summed E-state index contributed by atoms with van der Waals surface area (Å²) in [7, 11) is 1.90. The van der Waals surface area contributed by atoms with E-state index in [9.17, 15) is 4.79 Å². The third kappa shape index (κ3) is 1.49. The largest absolute Gasteiger partial charge is 0.316 e. The molecule has 1 amide bonds. The Bertz CT molecular complexity index is 469. The zero-order valence-corrected chi connectivity index (χ0v) is 10.4. The number of para-hydroxylation sites is 1. The van der Waals surface area contributed by atoms with Gasteiger partial charge in [0, 0.05) is 19.3 Å². The minimum atomic E-state index is 0.128. The Hall–Kier alpha value is -1.35. The lowest BCUT2D eigenvalue weighted by Gasteiger charge is -2.41. The van der Waals surface area contributed by atoms with Gasteiger partial charge in [0.1, 0.15) is 0 Å². The van der Waals surface area contributed by atoms with Crippen LogP contribution in [0.15, 0.2) is 18.2 Å². The summed E-state index contributed by atoms with van der Waals surface area (Å²) in [5.41, 5.74) is 3.70. The summed E-state index contributed by atoms with van der Waals surface area (Å²) in [6.45, 7) is 3.93. The number of hydrogen-bond acceptors (Lipinski definition) is 2. The summed E-state index contributed by atoms with van der Waals surface area (Å²) in [5.74, 6) is 0.807. The number of piperidine rings is 1. The van der Waals surface area contributed by atoms with Crippen LogP contribution in [-0.2, 0) is 4.79 Å². The second-order valence-corrected chi connectivity index (χ2v) is 5.12. The van der Waals surface area contributed by atoms with Gasteiger partial charge in [0.25, 0.3) is 0 Å². The minimum Gasteiger partial charge on any atom is -0.316 e. The van der Waals surface area contributed by atoms with Crippen LogP contribution in [0.4, 0.5) is 5.69 Å². The molecule has 0 radical (unpaired) electrons. The smallest absolute Gasteiger partial charge is 0.231 e. The van der Waals surface area contributed by atoms with Crippen LogP contribution < -0.4 is 10.2 Å². The number of nitrogens with zero attached hydrogens (tertiary/aromatic N) is 1. The molecule has 90 valence electrons. The normalized spacial score (nSPS) is 27.6. The number of benzene rings is 1. The molecule has 1 N–H and O–H groups in total. The molecule has 17 heavy (non-hydrogen) atoms. The lowest BCUT2D eigenvalue weighted by molar-refractivity contribution is -0.123. The molecule has 2 heterocycles. The molecule has 0 saturated carbocycles. The van der Waals surface area contributed by atoms with Crippen LogP contribution in [0.25, 0.3) is 0 Å². The highest BCUT2D eigenvalue weighted by Crippen LogP contribution is 2.43. The van der Waals surface area contributed by atoms with Gasteiger partial charge < -0.3 is 10.2 Å². The molecule has 0 spiro atoms. The van der Waals surface area contributed by atoms with E-state index in [0.29, 0.717) is 5.92 Å². The summed E-state index contributed by atoms with van der Waals surface area (Å²) in [6.07, 6.45) is 1.07. The van der Waals surface area contributed by atoms with Crippen molar-refractivity contribution in [2.75, 3.05) is 25.0 Å². The lowest BCUT2D eigenvalue weighted by atomic mass is 9.76. The van der Waals surface area contributed by atoms with Crippen LogP contribution >= 0.6 is 0 Å². The van der Waals surface area contributed by atoms with Crippen molar-refractivity contribution in [3.8, 4) is 0 Å². The van der Waals surface area contributed by atoms with Gasteiger partial charge in [-0.1, -0.05) is 18.2 Å². The van der Waals surface area contributed by atoms with Crippen LogP contribution in [0.5, 0.6) is 0 Å². The Balaban J connectivity index is 2.16. The van der Waals surface area contributed by atoms with E-state index in [2.05, 4.69) is 30.4 Å². The quantitative estimate of drug-likeness (QED) is 0.735. The Labute approximate surface area is 102 Å². The minimum absolute atomic E-state index is 0.128. The highest BCUT2D eigenvalue weighted by Gasteiger charge is 2.40. The van der Waals surface area contributed by atoms with Crippen LogP contribution in [0.3, 0.4) is 0 Å². The summed E-state index contributed by atoms with van der Waals surface area (Å²) in [4.78, 5) is 14.2. The van der Waals surface area contributed by atoms with E-state index in [0.717, 1.165) is 25.2 Å². The number of aryl methyl sites for hydroxylation is 1. The maximum atomic E-state index is 12.4. The summed E-state index contributed by atoms with van der Waals surface area (Å²) < 4.78 is 0. The molecule has 2 aliphatic heterocycles. The fourth-order valence-electron chi connectivity index (χ4n) is 3.29. The molecule has 2 unspecified atom stereocenters. The van der Waals surface area contributed by atoms with Crippen molar-refractivity contribution in [1.82, 2.24) is 5.32 Å². The zero-order chi connectivity index (χ0) is 12.0. The van der Waals surface area contributed by atoms with E-state index in [1.54, 1.807) is 0 Å². The van der Waals surface area contributed by atoms with E-state index in [4.69, 9.17) is 0 Å². The molecule has 3 rings (SSSR count). The predicted octanol–water partition coefficient (Wildman–Crippen LogP) is 1.66. The first-order chi connectivity index (χ1) is 8.20. The molecule has 3 nitrogen and oxygen atoms in total. The first kappa shape index (κ1) is 10.8. The third-order valence-corrected chi connectivity index (χ3v) is 4.13. The van der Waals surface area contributed by atoms with Crippen molar-refractivity contribution >= 4 is 11.6 Å². The van der Waals surface area contributed by atoms with Gasteiger partial charge in [-0.15, -0.1) is 0 Å². The number of amides is 1. The number of carbonyl (C=O) groups is 1. The monoisotopic (exact) mass is 230 g/mol. The molecule has 1 fully saturated rings. The van der Waals surface area contributed by atoms with E-state index in [-0.39, 0.29) is 11.8 Å². The number of fused-ring (bicyclic) bond motifs is 3. The molecule has 1 aromatic carbocycles. The molecule has 1 aromatic rings. The second kappa shape index (κ2) is 3.84. The molecule has 0 aliphatic carbocycles. The molecule has 0 bridgehead atoms. The van der Waals surface area contributed by atoms with Crippen molar-refractivity contribution in [1.29, 1.82) is 0 Å². The van der Waals surface area contributed by atoms with Crippen LogP contribution in [0.2, 0.25) is 0 Å². The van der Waals surface area contributed by atoms with Gasteiger partial charge in [-0.25, -0.2) is 0 Å².